The zero-order valence-corrected chi connectivity index (χ0v) is 12.3. The van der Waals surface area contributed by atoms with E-state index in [9.17, 15) is 4.79 Å². The van der Waals surface area contributed by atoms with Crippen LogP contribution in [0.1, 0.15) is 36.2 Å². The van der Waals surface area contributed by atoms with Crippen molar-refractivity contribution in [2.45, 2.75) is 32.3 Å². The number of fused-ring (bicyclic) bond motifs is 1. The molecule has 0 saturated carbocycles. The summed E-state index contributed by atoms with van der Waals surface area (Å²) >= 11 is 0. The molecule has 0 bridgehead atoms. The highest BCUT2D eigenvalue weighted by Crippen LogP contribution is 2.34. The molecule has 0 fully saturated rings. The molecule has 3 heteroatoms. The molecule has 0 radical (unpaired) electrons. The Balaban J connectivity index is 1.78. The Kier molecular flexibility index (Phi) is 3.42. The maximum atomic E-state index is 12.1. The van der Waals surface area contributed by atoms with Gasteiger partial charge in [-0.1, -0.05) is 18.2 Å². The van der Waals surface area contributed by atoms with E-state index >= 15 is 0 Å². The van der Waals surface area contributed by atoms with Gasteiger partial charge in [0, 0.05) is 11.3 Å². The summed E-state index contributed by atoms with van der Waals surface area (Å²) in [6.45, 7) is 4.20. The van der Waals surface area contributed by atoms with E-state index in [1.165, 1.54) is 0 Å². The number of amides is 1. The highest BCUT2D eigenvalue weighted by Gasteiger charge is 2.26. The van der Waals surface area contributed by atoms with Gasteiger partial charge >= 0.3 is 0 Å². The first-order chi connectivity index (χ1) is 10.0. The first-order valence-corrected chi connectivity index (χ1v) is 7.22. The van der Waals surface area contributed by atoms with E-state index in [1.807, 2.05) is 36.4 Å². The van der Waals surface area contributed by atoms with E-state index < -0.39 is 0 Å². The molecule has 0 aliphatic carbocycles. The first-order valence-electron chi connectivity index (χ1n) is 7.22. The summed E-state index contributed by atoms with van der Waals surface area (Å²) in [6.07, 6.45) is 1.95. The fourth-order valence-electron chi connectivity index (χ4n) is 2.53. The predicted octanol–water partition coefficient (Wildman–Crippen LogP) is 4.04. The van der Waals surface area contributed by atoms with Gasteiger partial charge in [-0.25, -0.2) is 0 Å². The number of hydrogen-bond acceptors (Lipinski definition) is 2. The van der Waals surface area contributed by atoms with Crippen LogP contribution in [0, 0.1) is 0 Å². The Morgan fingerprint density at radius 1 is 1.14 bits per heavy atom. The van der Waals surface area contributed by atoms with Gasteiger partial charge in [-0.2, -0.15) is 0 Å². The summed E-state index contributed by atoms with van der Waals surface area (Å²) in [6, 6.07) is 15.1. The van der Waals surface area contributed by atoms with E-state index in [0.717, 1.165) is 29.8 Å². The highest BCUT2D eigenvalue weighted by atomic mass is 16.5. The zero-order valence-electron chi connectivity index (χ0n) is 12.3. The van der Waals surface area contributed by atoms with Gasteiger partial charge in [0.25, 0.3) is 5.91 Å². The molecular weight excluding hydrogens is 262 g/mol. The van der Waals surface area contributed by atoms with Crippen LogP contribution in [0.2, 0.25) is 0 Å². The zero-order chi connectivity index (χ0) is 14.9. The molecule has 0 saturated heterocycles. The van der Waals surface area contributed by atoms with Crippen LogP contribution in [0.3, 0.4) is 0 Å². The van der Waals surface area contributed by atoms with Crippen LogP contribution >= 0.6 is 0 Å². The van der Waals surface area contributed by atoms with Crippen molar-refractivity contribution < 1.29 is 9.53 Å². The van der Waals surface area contributed by atoms with E-state index in [1.54, 1.807) is 12.1 Å². The van der Waals surface area contributed by atoms with E-state index in [2.05, 4.69) is 19.2 Å². The van der Waals surface area contributed by atoms with Crippen molar-refractivity contribution >= 4 is 11.6 Å². The molecular formula is C18H19NO2. The van der Waals surface area contributed by atoms with Gasteiger partial charge in [0.15, 0.2) is 0 Å². The SMILES string of the molecule is CC1(C)CCc2cc(NC(=O)c3ccccc3)ccc2O1. The molecule has 0 unspecified atom stereocenters. The molecule has 0 atom stereocenters. The molecule has 3 rings (SSSR count). The second-order valence-corrected chi connectivity index (χ2v) is 6.00. The number of nitrogens with one attached hydrogen (secondary N) is 1. The van der Waals surface area contributed by atoms with Crippen LogP contribution in [0.5, 0.6) is 5.75 Å². The van der Waals surface area contributed by atoms with Crippen molar-refractivity contribution in [3.63, 3.8) is 0 Å². The minimum absolute atomic E-state index is 0.0902. The second kappa shape index (κ2) is 5.24. The number of carbonyl (C=O) groups is 1. The lowest BCUT2D eigenvalue weighted by Crippen LogP contribution is -2.32. The number of anilines is 1. The molecule has 0 aromatic heterocycles. The van der Waals surface area contributed by atoms with Crippen LogP contribution < -0.4 is 10.1 Å². The summed E-state index contributed by atoms with van der Waals surface area (Å²) < 4.78 is 5.95. The summed E-state index contributed by atoms with van der Waals surface area (Å²) in [5.74, 6) is 0.830. The predicted molar refractivity (Wildman–Crippen MR) is 83.9 cm³/mol. The molecule has 21 heavy (non-hydrogen) atoms. The topological polar surface area (TPSA) is 38.3 Å². The van der Waals surface area contributed by atoms with E-state index in [4.69, 9.17) is 4.74 Å². The van der Waals surface area contributed by atoms with E-state index in [-0.39, 0.29) is 11.5 Å². The monoisotopic (exact) mass is 281 g/mol. The van der Waals surface area contributed by atoms with Crippen LogP contribution in [0.15, 0.2) is 48.5 Å². The van der Waals surface area contributed by atoms with Gasteiger partial charge in [-0.15, -0.1) is 0 Å². The van der Waals surface area contributed by atoms with Crippen LogP contribution in [-0.2, 0) is 6.42 Å². The number of aryl methyl sites for hydroxylation is 1. The lowest BCUT2D eigenvalue weighted by Gasteiger charge is -2.32. The maximum Gasteiger partial charge on any atom is 0.255 e. The van der Waals surface area contributed by atoms with Crippen molar-refractivity contribution in [3.8, 4) is 5.75 Å². The van der Waals surface area contributed by atoms with Gasteiger partial charge < -0.3 is 10.1 Å². The normalized spacial score (nSPS) is 15.7. The third kappa shape index (κ3) is 3.07. The minimum atomic E-state index is -0.109. The molecule has 1 amide bonds. The van der Waals surface area contributed by atoms with Crippen LogP contribution in [0.4, 0.5) is 5.69 Å². The molecule has 2 aromatic carbocycles. The molecule has 1 N–H and O–H groups in total. The lowest BCUT2D eigenvalue weighted by atomic mass is 9.94. The largest absolute Gasteiger partial charge is 0.488 e. The molecule has 1 aliphatic rings. The standard InChI is InChI=1S/C18H19NO2/c1-18(2)11-10-14-12-15(8-9-16(14)21-18)19-17(20)13-6-4-3-5-7-13/h3-9,12H,10-11H2,1-2H3,(H,19,20). The van der Waals surface area contributed by atoms with Crippen molar-refractivity contribution in [1.82, 2.24) is 0 Å². The third-order valence-corrected chi connectivity index (χ3v) is 3.74. The Morgan fingerprint density at radius 3 is 2.67 bits per heavy atom. The molecule has 108 valence electrons. The summed E-state index contributed by atoms with van der Waals surface area (Å²) in [4.78, 5) is 12.1. The van der Waals surface area contributed by atoms with E-state index in [0.29, 0.717) is 5.56 Å². The van der Waals surface area contributed by atoms with Crippen molar-refractivity contribution in [2.24, 2.45) is 0 Å². The van der Waals surface area contributed by atoms with Crippen molar-refractivity contribution in [1.29, 1.82) is 0 Å². The number of benzene rings is 2. The summed E-state index contributed by atoms with van der Waals surface area (Å²) in [7, 11) is 0. The van der Waals surface area contributed by atoms with Gasteiger partial charge in [0.1, 0.15) is 11.4 Å². The molecule has 0 spiro atoms. The van der Waals surface area contributed by atoms with Gasteiger partial charge in [-0.3, -0.25) is 4.79 Å². The maximum absolute atomic E-state index is 12.1. The molecule has 1 aliphatic heterocycles. The number of ether oxygens (including phenoxy) is 1. The van der Waals surface area contributed by atoms with Crippen LogP contribution in [-0.4, -0.2) is 11.5 Å². The first kappa shape index (κ1) is 13.7. The average molecular weight is 281 g/mol. The Bertz CT molecular complexity index is 662. The fourth-order valence-corrected chi connectivity index (χ4v) is 2.53. The third-order valence-electron chi connectivity index (χ3n) is 3.74. The number of hydrogen-bond donors (Lipinski definition) is 1. The van der Waals surface area contributed by atoms with Gasteiger partial charge in [-0.05, 0) is 62.6 Å². The molecule has 1 heterocycles. The minimum Gasteiger partial charge on any atom is -0.488 e. The van der Waals surface area contributed by atoms with Gasteiger partial charge in [0.05, 0.1) is 0 Å². The second-order valence-electron chi connectivity index (χ2n) is 6.00. The van der Waals surface area contributed by atoms with Crippen LogP contribution in [0.25, 0.3) is 0 Å². The number of carbonyl (C=O) groups excluding carboxylic acids is 1. The summed E-state index contributed by atoms with van der Waals surface area (Å²) in [5, 5.41) is 2.93. The molecule has 2 aromatic rings. The van der Waals surface area contributed by atoms with Crippen molar-refractivity contribution in [3.05, 3.63) is 59.7 Å². The average Bonchev–Trinajstić information content (AvgIpc) is 2.48. The number of rotatable bonds is 2. The highest BCUT2D eigenvalue weighted by molar-refractivity contribution is 6.04. The van der Waals surface area contributed by atoms with Crippen molar-refractivity contribution in [2.75, 3.05) is 5.32 Å². The molecule has 3 nitrogen and oxygen atoms in total. The fraction of sp³-hybridized carbons (Fsp3) is 0.278. The smallest absolute Gasteiger partial charge is 0.255 e. The quantitative estimate of drug-likeness (QED) is 0.902. The Hall–Kier alpha value is -2.29. The lowest BCUT2D eigenvalue weighted by molar-refractivity contribution is 0.0847. The Labute approximate surface area is 124 Å². The summed E-state index contributed by atoms with van der Waals surface area (Å²) in [5.41, 5.74) is 2.51. The Morgan fingerprint density at radius 2 is 1.90 bits per heavy atom. The van der Waals surface area contributed by atoms with Gasteiger partial charge in [0.2, 0.25) is 0 Å².